The van der Waals surface area contributed by atoms with E-state index in [0.29, 0.717) is 17.7 Å². The van der Waals surface area contributed by atoms with E-state index in [-0.39, 0.29) is 23.5 Å². The molecule has 2 atom stereocenters. The fourth-order valence-electron chi connectivity index (χ4n) is 4.89. The van der Waals surface area contributed by atoms with E-state index in [1.165, 1.54) is 0 Å². The van der Waals surface area contributed by atoms with Gasteiger partial charge in [-0.2, -0.15) is 0 Å². The Hall–Kier alpha value is -3.77. The third-order valence-electron chi connectivity index (χ3n) is 6.76. The second-order valence-electron chi connectivity index (χ2n) is 9.14. The van der Waals surface area contributed by atoms with Gasteiger partial charge in [-0.3, -0.25) is 14.4 Å². The summed E-state index contributed by atoms with van der Waals surface area (Å²) < 4.78 is 6.03. The van der Waals surface area contributed by atoms with Gasteiger partial charge in [-0.1, -0.05) is 80.6 Å². The molecule has 1 aliphatic carbocycles. The number of hydrogen-bond acceptors (Lipinski definition) is 5. The van der Waals surface area contributed by atoms with Crippen LogP contribution in [0.3, 0.4) is 0 Å². The van der Waals surface area contributed by atoms with Gasteiger partial charge in [0.05, 0.1) is 0 Å². The first kappa shape index (κ1) is 22.0. The van der Waals surface area contributed by atoms with Gasteiger partial charge >= 0.3 is 0 Å². The Morgan fingerprint density at radius 2 is 1.68 bits per heavy atom. The van der Waals surface area contributed by atoms with Crippen molar-refractivity contribution in [2.24, 2.45) is 0 Å². The molecule has 3 aromatic carbocycles. The zero-order valence-electron chi connectivity index (χ0n) is 19.0. The predicted octanol–water partition coefficient (Wildman–Crippen LogP) is 3.76. The normalized spacial score (nSPS) is 22.1. The summed E-state index contributed by atoms with van der Waals surface area (Å²) in [5.41, 5.74) is 0.799. The van der Waals surface area contributed by atoms with Crippen molar-refractivity contribution in [1.82, 2.24) is 5.32 Å². The van der Waals surface area contributed by atoms with Crippen molar-refractivity contribution >= 4 is 17.5 Å². The number of Topliss-reactive ketones (excluding diaryl/α,β-unsaturated/α-hetero) is 2. The molecule has 0 bridgehead atoms. The lowest BCUT2D eigenvalue weighted by atomic mass is 9.82. The number of hydrogen-bond donors (Lipinski definition) is 2. The zero-order valence-corrected chi connectivity index (χ0v) is 19.0. The number of nitrogens with one attached hydrogen (secondary N) is 1. The van der Waals surface area contributed by atoms with Crippen LogP contribution >= 0.6 is 0 Å². The van der Waals surface area contributed by atoms with Crippen LogP contribution in [-0.2, 0) is 27.3 Å². The van der Waals surface area contributed by atoms with Crippen LogP contribution < -0.4 is 10.1 Å². The fraction of sp³-hybridized carbons (Fsp3) is 0.250. The third kappa shape index (κ3) is 3.10. The first-order valence-electron chi connectivity index (χ1n) is 11.4. The highest BCUT2D eigenvalue weighted by molar-refractivity contribution is 6.37. The van der Waals surface area contributed by atoms with Crippen molar-refractivity contribution in [2.75, 3.05) is 0 Å². The lowest BCUT2D eigenvalue weighted by molar-refractivity contribution is -0.176. The molecule has 172 valence electrons. The minimum atomic E-state index is -2.16. The summed E-state index contributed by atoms with van der Waals surface area (Å²) >= 11 is 0. The molecule has 6 nitrogen and oxygen atoms in total. The topological polar surface area (TPSA) is 92.7 Å². The van der Waals surface area contributed by atoms with E-state index >= 15 is 0 Å². The quantitative estimate of drug-likeness (QED) is 0.552. The maximum atomic E-state index is 13.8. The molecule has 0 saturated heterocycles. The summed E-state index contributed by atoms with van der Waals surface area (Å²) in [4.78, 5) is 39.6. The second-order valence-corrected chi connectivity index (χ2v) is 9.14. The van der Waals surface area contributed by atoms with Crippen molar-refractivity contribution in [3.8, 4) is 5.75 Å². The highest BCUT2D eigenvalue weighted by Gasteiger charge is 2.71. The fourth-order valence-corrected chi connectivity index (χ4v) is 4.89. The smallest absolute Gasteiger partial charge is 0.288 e. The number of carbonyl (C=O) groups is 3. The molecule has 0 fully saturated rings. The molecule has 6 heteroatoms. The largest absolute Gasteiger partial charge is 0.454 e. The Morgan fingerprint density at radius 3 is 2.41 bits per heavy atom. The van der Waals surface area contributed by atoms with E-state index in [4.69, 9.17) is 4.74 Å². The summed E-state index contributed by atoms with van der Waals surface area (Å²) in [5, 5.41) is 14.4. The number of benzene rings is 3. The Kier molecular flexibility index (Phi) is 5.14. The zero-order chi connectivity index (χ0) is 24.1. The lowest BCUT2D eigenvalue weighted by Crippen LogP contribution is -2.61. The highest BCUT2D eigenvalue weighted by Crippen LogP contribution is 2.58. The number of aliphatic hydroxyl groups is 1. The van der Waals surface area contributed by atoms with Crippen LogP contribution in [0.4, 0.5) is 0 Å². The van der Waals surface area contributed by atoms with Crippen LogP contribution in [0.2, 0.25) is 0 Å². The first-order chi connectivity index (χ1) is 16.3. The van der Waals surface area contributed by atoms with E-state index in [9.17, 15) is 19.5 Å². The second kappa shape index (κ2) is 7.92. The average molecular weight is 456 g/mol. The van der Waals surface area contributed by atoms with Crippen molar-refractivity contribution in [1.29, 1.82) is 0 Å². The van der Waals surface area contributed by atoms with Gasteiger partial charge in [-0.25, -0.2) is 0 Å². The summed E-state index contributed by atoms with van der Waals surface area (Å²) in [6.45, 7) is 4.05. The number of fused-ring (bicyclic) bond motifs is 5. The Bertz CT molecular complexity index is 1320. The molecule has 34 heavy (non-hydrogen) atoms. The Labute approximate surface area is 197 Å². The molecular formula is C28H25NO5. The molecule has 2 unspecified atom stereocenters. The van der Waals surface area contributed by atoms with Crippen molar-refractivity contribution in [3.05, 3.63) is 101 Å². The molecule has 2 N–H and O–H groups in total. The van der Waals surface area contributed by atoms with E-state index < -0.39 is 28.8 Å². The van der Waals surface area contributed by atoms with Gasteiger partial charge in [0.25, 0.3) is 11.7 Å². The van der Waals surface area contributed by atoms with Gasteiger partial charge in [-0.15, -0.1) is 0 Å². The number of ether oxygens (including phenoxy) is 1. The van der Waals surface area contributed by atoms with Crippen molar-refractivity contribution in [2.45, 2.75) is 43.9 Å². The molecule has 2 aliphatic rings. The van der Waals surface area contributed by atoms with Gasteiger partial charge in [0.2, 0.25) is 17.1 Å². The third-order valence-corrected chi connectivity index (χ3v) is 6.76. The molecule has 0 radical (unpaired) electrons. The molecule has 0 aromatic heterocycles. The standard InChI is InChI=1S/C28H25NO5/c1-17(2)19-13-14-22-24(16-19)34-28(33)21-11-7-6-10-20(21)25(31)27(22,28)29-26(32)23(30)15-12-18-8-4-3-5-9-18/h3-11,13-14,16-17,33H,12,15H2,1-2H3,(H,29,32). The van der Waals surface area contributed by atoms with E-state index in [2.05, 4.69) is 5.32 Å². The Balaban J connectivity index is 1.53. The highest BCUT2D eigenvalue weighted by atomic mass is 16.6. The van der Waals surface area contributed by atoms with Gasteiger partial charge in [0.15, 0.2) is 0 Å². The number of ketones is 2. The number of amides is 1. The van der Waals surface area contributed by atoms with Gasteiger partial charge in [0, 0.05) is 23.1 Å². The van der Waals surface area contributed by atoms with E-state index in [0.717, 1.165) is 11.1 Å². The molecular weight excluding hydrogens is 430 g/mol. The molecule has 1 amide bonds. The van der Waals surface area contributed by atoms with Crippen LogP contribution in [0.1, 0.15) is 58.8 Å². The number of rotatable bonds is 6. The SMILES string of the molecule is CC(C)c1ccc2c(c1)OC1(O)c3ccccc3C(=O)C21NC(=O)C(=O)CCc1ccccc1. The average Bonchev–Trinajstić information content (AvgIpc) is 3.20. The molecule has 5 rings (SSSR count). The van der Waals surface area contributed by atoms with Crippen LogP contribution in [-0.4, -0.2) is 22.6 Å². The summed E-state index contributed by atoms with van der Waals surface area (Å²) in [7, 11) is 0. The maximum Gasteiger partial charge on any atom is 0.288 e. The molecule has 1 aliphatic heterocycles. The van der Waals surface area contributed by atoms with E-state index in [1.54, 1.807) is 36.4 Å². The molecule has 3 aromatic rings. The van der Waals surface area contributed by atoms with Crippen molar-refractivity contribution < 1.29 is 24.2 Å². The number of aryl methyl sites for hydroxylation is 1. The predicted molar refractivity (Wildman–Crippen MR) is 125 cm³/mol. The minimum Gasteiger partial charge on any atom is -0.454 e. The first-order valence-corrected chi connectivity index (χ1v) is 11.4. The summed E-state index contributed by atoms with van der Waals surface area (Å²) in [6.07, 6.45) is 0.370. The Morgan fingerprint density at radius 1 is 0.971 bits per heavy atom. The molecule has 1 heterocycles. The monoisotopic (exact) mass is 455 g/mol. The maximum absolute atomic E-state index is 13.8. The van der Waals surface area contributed by atoms with Gasteiger partial charge in [0.1, 0.15) is 5.75 Å². The lowest BCUT2D eigenvalue weighted by Gasteiger charge is -2.34. The van der Waals surface area contributed by atoms with Crippen LogP contribution in [0.5, 0.6) is 5.75 Å². The molecule has 0 saturated carbocycles. The summed E-state index contributed by atoms with van der Waals surface area (Å²) in [5.74, 6) is -3.76. The van der Waals surface area contributed by atoms with Gasteiger partial charge < -0.3 is 15.2 Å². The minimum absolute atomic E-state index is 0.0223. The summed E-state index contributed by atoms with van der Waals surface area (Å²) in [6, 6.07) is 21.3. The van der Waals surface area contributed by atoms with Crippen LogP contribution in [0, 0.1) is 0 Å². The van der Waals surface area contributed by atoms with E-state index in [1.807, 2.05) is 50.2 Å². The number of carbonyl (C=O) groups excluding carboxylic acids is 3. The van der Waals surface area contributed by atoms with Gasteiger partial charge in [-0.05, 0) is 29.5 Å². The van der Waals surface area contributed by atoms with Crippen molar-refractivity contribution in [3.63, 3.8) is 0 Å². The van der Waals surface area contributed by atoms with Crippen LogP contribution in [0.25, 0.3) is 0 Å². The van der Waals surface area contributed by atoms with Crippen LogP contribution in [0.15, 0.2) is 72.8 Å². The molecule has 0 spiro atoms.